The highest BCUT2D eigenvalue weighted by atomic mass is 79.9. The van der Waals surface area contributed by atoms with Crippen LogP contribution in [0.4, 0.5) is 0 Å². The molecule has 2 aromatic carbocycles. The van der Waals surface area contributed by atoms with Gasteiger partial charge in [-0.3, -0.25) is 0 Å². The van der Waals surface area contributed by atoms with Crippen molar-refractivity contribution in [3.05, 3.63) is 56.5 Å². The number of aliphatic hydroxyl groups is 1. The van der Waals surface area contributed by atoms with E-state index in [2.05, 4.69) is 15.9 Å². The maximum Gasteiger partial charge on any atom is 0.141 e. The number of aliphatic hydroxyl groups excluding tert-OH is 1. The molecule has 5 heteroatoms. The van der Waals surface area contributed by atoms with Gasteiger partial charge in [0.25, 0.3) is 0 Å². The Kier molecular flexibility index (Phi) is 4.51. The van der Waals surface area contributed by atoms with Crippen molar-refractivity contribution in [2.24, 2.45) is 0 Å². The number of benzene rings is 2. The van der Waals surface area contributed by atoms with Crippen LogP contribution >= 0.6 is 39.1 Å². The summed E-state index contributed by atoms with van der Waals surface area (Å²) >= 11 is 15.1. The van der Waals surface area contributed by atoms with Crippen LogP contribution in [-0.2, 0) is 6.61 Å². The zero-order chi connectivity index (χ0) is 13.1. The van der Waals surface area contributed by atoms with E-state index < -0.39 is 0 Å². The number of halogens is 3. The molecule has 0 atom stereocenters. The number of hydrogen-bond acceptors (Lipinski definition) is 2. The minimum absolute atomic E-state index is 0.00828. The predicted octanol–water partition coefficient (Wildman–Crippen LogP) is 5.04. The fourth-order valence-corrected chi connectivity index (χ4v) is 2.19. The molecule has 2 nitrogen and oxygen atoms in total. The molecule has 2 rings (SSSR count). The highest BCUT2D eigenvalue weighted by molar-refractivity contribution is 9.10. The first-order valence-corrected chi connectivity index (χ1v) is 6.67. The third-order valence-corrected chi connectivity index (χ3v) is 3.66. The van der Waals surface area contributed by atoms with E-state index >= 15 is 0 Å². The fraction of sp³-hybridized carbons (Fsp3) is 0.0769. The fourth-order valence-electron chi connectivity index (χ4n) is 1.39. The summed E-state index contributed by atoms with van der Waals surface area (Å²) in [5.41, 5.74) is 0.809. The van der Waals surface area contributed by atoms with Gasteiger partial charge >= 0.3 is 0 Å². The first-order chi connectivity index (χ1) is 8.60. The molecule has 0 aliphatic heterocycles. The van der Waals surface area contributed by atoms with Crippen LogP contribution in [0.5, 0.6) is 11.5 Å². The van der Waals surface area contributed by atoms with Gasteiger partial charge in [-0.1, -0.05) is 29.3 Å². The van der Waals surface area contributed by atoms with Gasteiger partial charge in [0.2, 0.25) is 0 Å². The summed E-state index contributed by atoms with van der Waals surface area (Å²) < 4.78 is 6.44. The van der Waals surface area contributed by atoms with Crippen LogP contribution in [0.2, 0.25) is 10.0 Å². The first-order valence-electron chi connectivity index (χ1n) is 5.12. The lowest BCUT2D eigenvalue weighted by Crippen LogP contribution is -1.88. The summed E-state index contributed by atoms with van der Waals surface area (Å²) in [7, 11) is 0. The van der Waals surface area contributed by atoms with E-state index in [1.165, 1.54) is 0 Å². The van der Waals surface area contributed by atoms with Crippen molar-refractivity contribution in [2.75, 3.05) is 0 Å². The Bertz CT molecular complexity index is 573. The van der Waals surface area contributed by atoms with Crippen LogP contribution in [-0.4, -0.2) is 5.11 Å². The molecule has 2 aromatic rings. The van der Waals surface area contributed by atoms with E-state index in [-0.39, 0.29) is 6.61 Å². The molecule has 0 amide bonds. The summed E-state index contributed by atoms with van der Waals surface area (Å²) in [6.45, 7) is -0.00828. The molecule has 0 spiro atoms. The van der Waals surface area contributed by atoms with Gasteiger partial charge in [-0.25, -0.2) is 0 Å². The zero-order valence-electron chi connectivity index (χ0n) is 9.16. The molecule has 0 saturated heterocycles. The van der Waals surface area contributed by atoms with E-state index in [9.17, 15) is 0 Å². The summed E-state index contributed by atoms with van der Waals surface area (Å²) in [5, 5.41) is 9.94. The molecule has 0 heterocycles. The van der Waals surface area contributed by atoms with Crippen molar-refractivity contribution in [1.29, 1.82) is 0 Å². The standard InChI is InChI=1S/C13H9BrCl2O2/c14-10-5-8(7-17)1-4-13(10)18-9-2-3-11(15)12(16)6-9/h1-6,17H,7H2. The number of hydrogen-bond donors (Lipinski definition) is 1. The lowest BCUT2D eigenvalue weighted by atomic mass is 10.2. The highest BCUT2D eigenvalue weighted by Crippen LogP contribution is 2.33. The quantitative estimate of drug-likeness (QED) is 0.842. The van der Waals surface area contributed by atoms with Crippen molar-refractivity contribution < 1.29 is 9.84 Å². The molecule has 0 aliphatic rings. The molecule has 0 aromatic heterocycles. The second-order valence-electron chi connectivity index (χ2n) is 3.60. The number of rotatable bonds is 3. The lowest BCUT2D eigenvalue weighted by molar-refractivity contribution is 0.281. The average molecular weight is 348 g/mol. The van der Waals surface area contributed by atoms with Crippen molar-refractivity contribution >= 4 is 39.1 Å². The Morgan fingerprint density at radius 3 is 2.44 bits per heavy atom. The molecule has 0 fully saturated rings. The first kappa shape index (κ1) is 13.7. The van der Waals surface area contributed by atoms with Crippen LogP contribution < -0.4 is 4.74 Å². The Morgan fingerprint density at radius 1 is 1.06 bits per heavy atom. The molecule has 1 N–H and O–H groups in total. The van der Waals surface area contributed by atoms with Crippen LogP contribution in [0.3, 0.4) is 0 Å². The van der Waals surface area contributed by atoms with Crippen molar-refractivity contribution in [2.45, 2.75) is 6.61 Å². The van der Waals surface area contributed by atoms with Gasteiger partial charge in [-0.2, -0.15) is 0 Å². The minimum Gasteiger partial charge on any atom is -0.456 e. The van der Waals surface area contributed by atoms with Gasteiger partial charge in [-0.05, 0) is 45.8 Å². The summed E-state index contributed by atoms with van der Waals surface area (Å²) in [5.74, 6) is 1.24. The maximum absolute atomic E-state index is 9.02. The maximum atomic E-state index is 9.02. The topological polar surface area (TPSA) is 29.5 Å². The van der Waals surface area contributed by atoms with Gasteiger partial charge in [0.15, 0.2) is 0 Å². The van der Waals surface area contributed by atoms with Gasteiger partial charge < -0.3 is 9.84 Å². The van der Waals surface area contributed by atoms with Gasteiger partial charge in [-0.15, -0.1) is 0 Å². The minimum atomic E-state index is -0.00828. The number of ether oxygens (including phenoxy) is 1. The van der Waals surface area contributed by atoms with E-state index in [4.69, 9.17) is 33.0 Å². The largest absolute Gasteiger partial charge is 0.456 e. The molecular weight excluding hydrogens is 339 g/mol. The van der Waals surface area contributed by atoms with E-state index in [0.717, 1.165) is 10.0 Å². The van der Waals surface area contributed by atoms with Crippen LogP contribution in [0.1, 0.15) is 5.56 Å². The molecule has 0 bridgehead atoms. The van der Waals surface area contributed by atoms with E-state index in [1.807, 2.05) is 0 Å². The summed E-state index contributed by atoms with van der Waals surface area (Å²) in [6.07, 6.45) is 0. The van der Waals surface area contributed by atoms with E-state index in [1.54, 1.807) is 36.4 Å². The average Bonchev–Trinajstić information content (AvgIpc) is 2.36. The molecule has 0 unspecified atom stereocenters. The van der Waals surface area contributed by atoms with Gasteiger partial charge in [0.1, 0.15) is 11.5 Å². The third kappa shape index (κ3) is 3.18. The van der Waals surface area contributed by atoms with Crippen molar-refractivity contribution in [1.82, 2.24) is 0 Å². The Hall–Kier alpha value is -0.740. The van der Waals surface area contributed by atoms with Crippen LogP contribution in [0.15, 0.2) is 40.9 Å². The zero-order valence-corrected chi connectivity index (χ0v) is 12.3. The predicted molar refractivity (Wildman–Crippen MR) is 76.6 cm³/mol. The second-order valence-corrected chi connectivity index (χ2v) is 5.27. The molecule has 0 saturated carbocycles. The molecule has 0 aliphatic carbocycles. The lowest BCUT2D eigenvalue weighted by Gasteiger charge is -2.09. The Morgan fingerprint density at radius 2 is 1.83 bits per heavy atom. The molecular formula is C13H9BrCl2O2. The van der Waals surface area contributed by atoms with Crippen LogP contribution in [0.25, 0.3) is 0 Å². The van der Waals surface area contributed by atoms with Crippen molar-refractivity contribution in [3.63, 3.8) is 0 Å². The monoisotopic (exact) mass is 346 g/mol. The van der Waals surface area contributed by atoms with Crippen molar-refractivity contribution in [3.8, 4) is 11.5 Å². The van der Waals surface area contributed by atoms with Gasteiger partial charge in [0, 0.05) is 6.07 Å². The summed E-state index contributed by atoms with van der Waals surface area (Å²) in [4.78, 5) is 0. The smallest absolute Gasteiger partial charge is 0.141 e. The Labute approximate surface area is 123 Å². The highest BCUT2D eigenvalue weighted by Gasteiger charge is 2.06. The molecule has 94 valence electrons. The third-order valence-electron chi connectivity index (χ3n) is 2.30. The van der Waals surface area contributed by atoms with Gasteiger partial charge in [0.05, 0.1) is 21.1 Å². The summed E-state index contributed by atoms with van der Waals surface area (Å²) in [6, 6.07) is 10.4. The molecule has 0 radical (unpaired) electrons. The van der Waals surface area contributed by atoms with E-state index in [0.29, 0.717) is 21.5 Å². The molecule has 18 heavy (non-hydrogen) atoms. The Balaban J connectivity index is 2.25. The SMILES string of the molecule is OCc1ccc(Oc2ccc(Cl)c(Cl)c2)c(Br)c1. The van der Waals surface area contributed by atoms with Crippen LogP contribution in [0, 0.1) is 0 Å². The normalized spacial score (nSPS) is 10.4. The second kappa shape index (κ2) is 5.93.